The van der Waals surface area contributed by atoms with Gasteiger partial charge >= 0.3 is 12.0 Å². The zero-order valence-corrected chi connectivity index (χ0v) is 11.5. The van der Waals surface area contributed by atoms with Crippen molar-refractivity contribution in [3.8, 4) is 11.8 Å². The van der Waals surface area contributed by atoms with E-state index in [2.05, 4.69) is 22.5 Å². The van der Waals surface area contributed by atoms with E-state index >= 15 is 0 Å². The number of rotatable bonds is 5. The van der Waals surface area contributed by atoms with Crippen molar-refractivity contribution < 1.29 is 14.7 Å². The number of urea groups is 1. The number of carbonyl (C=O) groups excluding carboxylic acids is 1. The van der Waals surface area contributed by atoms with Crippen LogP contribution >= 0.6 is 0 Å². The Hall–Kier alpha value is -1.70. The van der Waals surface area contributed by atoms with Gasteiger partial charge in [0.05, 0.1) is 12.5 Å². The highest BCUT2D eigenvalue weighted by Crippen LogP contribution is 2.24. The van der Waals surface area contributed by atoms with Crippen LogP contribution in [0.4, 0.5) is 4.79 Å². The van der Waals surface area contributed by atoms with E-state index < -0.39 is 17.9 Å². The normalized spacial score (nSPS) is 12.0. The monoisotopic (exact) mass is 254 g/mol. The zero-order chi connectivity index (χ0) is 14.2. The minimum Gasteiger partial charge on any atom is -0.481 e. The van der Waals surface area contributed by atoms with E-state index in [0.29, 0.717) is 6.42 Å². The van der Waals surface area contributed by atoms with Crippen LogP contribution in [0.1, 0.15) is 34.1 Å². The molecule has 0 spiro atoms. The maximum absolute atomic E-state index is 11.3. The number of hydrogen-bond donors (Lipinski definition) is 3. The van der Waals surface area contributed by atoms with E-state index in [0.717, 1.165) is 0 Å². The third kappa shape index (κ3) is 8.45. The van der Waals surface area contributed by atoms with E-state index in [1.807, 2.05) is 20.8 Å². The van der Waals surface area contributed by atoms with Crippen molar-refractivity contribution in [2.45, 2.75) is 34.1 Å². The molecule has 3 N–H and O–H groups in total. The summed E-state index contributed by atoms with van der Waals surface area (Å²) in [4.78, 5) is 22.4. The lowest BCUT2D eigenvalue weighted by Crippen LogP contribution is -2.40. The maximum Gasteiger partial charge on any atom is 0.315 e. The lowest BCUT2D eigenvalue weighted by Gasteiger charge is -2.23. The molecule has 0 aromatic rings. The number of carboxylic acid groups (broad SMARTS) is 1. The first-order valence-corrected chi connectivity index (χ1v) is 5.90. The average molecular weight is 254 g/mol. The number of amides is 2. The lowest BCUT2D eigenvalue weighted by atomic mass is 9.84. The van der Waals surface area contributed by atoms with Gasteiger partial charge in [-0.2, -0.15) is 0 Å². The Bertz CT molecular complexity index is 347. The fourth-order valence-electron chi connectivity index (χ4n) is 1.48. The van der Waals surface area contributed by atoms with Crippen LogP contribution in [0.2, 0.25) is 0 Å². The molecule has 0 radical (unpaired) electrons. The van der Waals surface area contributed by atoms with E-state index in [1.165, 1.54) is 0 Å². The van der Waals surface area contributed by atoms with Gasteiger partial charge in [-0.1, -0.05) is 26.7 Å². The fourth-order valence-corrected chi connectivity index (χ4v) is 1.48. The summed E-state index contributed by atoms with van der Waals surface area (Å²) in [5.74, 6) is 3.87. The highest BCUT2D eigenvalue weighted by molar-refractivity contribution is 5.76. The minimum atomic E-state index is -0.890. The largest absolute Gasteiger partial charge is 0.481 e. The van der Waals surface area contributed by atoms with Gasteiger partial charge in [0.1, 0.15) is 0 Å². The molecule has 0 fully saturated rings. The fraction of sp³-hybridized carbons (Fsp3) is 0.692. The number of aliphatic carboxylic acids is 1. The molecule has 1 unspecified atom stereocenters. The third-order valence-electron chi connectivity index (χ3n) is 2.23. The highest BCUT2D eigenvalue weighted by Gasteiger charge is 2.24. The van der Waals surface area contributed by atoms with Gasteiger partial charge in [-0.3, -0.25) is 4.79 Å². The quantitative estimate of drug-likeness (QED) is 0.650. The van der Waals surface area contributed by atoms with Crippen molar-refractivity contribution in [3.05, 3.63) is 0 Å². The number of nitrogens with one attached hydrogen (secondary N) is 2. The highest BCUT2D eigenvalue weighted by atomic mass is 16.4. The summed E-state index contributed by atoms with van der Waals surface area (Å²) in [6.45, 7) is 7.99. The van der Waals surface area contributed by atoms with Crippen molar-refractivity contribution in [1.82, 2.24) is 10.6 Å². The molecule has 0 aliphatic rings. The minimum absolute atomic E-state index is 0.0884. The molecule has 18 heavy (non-hydrogen) atoms. The van der Waals surface area contributed by atoms with Crippen LogP contribution < -0.4 is 10.6 Å². The number of carboxylic acids is 1. The Labute approximate surface area is 108 Å². The lowest BCUT2D eigenvalue weighted by molar-refractivity contribution is -0.142. The molecule has 5 nitrogen and oxygen atoms in total. The Morgan fingerprint density at radius 3 is 2.33 bits per heavy atom. The van der Waals surface area contributed by atoms with Crippen molar-refractivity contribution in [2.24, 2.45) is 11.3 Å². The summed E-state index contributed by atoms with van der Waals surface area (Å²) < 4.78 is 0. The molecule has 0 aliphatic carbocycles. The molecule has 0 aliphatic heterocycles. The van der Waals surface area contributed by atoms with E-state index in [4.69, 9.17) is 5.11 Å². The standard InChI is InChI=1S/C13H22N2O3/c1-5-6-7-14-12(18)15-9-10(11(16)17)8-13(2,3)4/h10H,7-9H2,1-4H3,(H,16,17)(H2,14,15,18). The summed E-state index contributed by atoms with van der Waals surface area (Å²) in [6.07, 6.45) is 0.511. The first kappa shape index (κ1) is 16.3. The molecule has 0 aromatic carbocycles. The second-order valence-corrected chi connectivity index (χ2v) is 5.29. The average Bonchev–Trinajstić information content (AvgIpc) is 2.22. The van der Waals surface area contributed by atoms with Gasteiger partial charge in [-0.15, -0.1) is 5.92 Å². The van der Waals surface area contributed by atoms with Crippen LogP contribution in [0.25, 0.3) is 0 Å². The molecule has 0 saturated heterocycles. The van der Waals surface area contributed by atoms with Gasteiger partial charge in [0, 0.05) is 6.54 Å². The molecule has 5 heteroatoms. The molecular formula is C13H22N2O3. The molecule has 102 valence electrons. The van der Waals surface area contributed by atoms with Gasteiger partial charge in [-0.25, -0.2) is 4.79 Å². The van der Waals surface area contributed by atoms with Crippen molar-refractivity contribution in [3.63, 3.8) is 0 Å². The summed E-state index contributed by atoms with van der Waals surface area (Å²) in [7, 11) is 0. The summed E-state index contributed by atoms with van der Waals surface area (Å²) in [6, 6.07) is -0.391. The van der Waals surface area contributed by atoms with Crippen molar-refractivity contribution in [1.29, 1.82) is 0 Å². The Morgan fingerprint density at radius 1 is 1.28 bits per heavy atom. The summed E-state index contributed by atoms with van der Waals surface area (Å²) >= 11 is 0. The molecule has 0 aromatic heterocycles. The summed E-state index contributed by atoms with van der Waals surface area (Å²) in [5, 5.41) is 14.1. The third-order valence-corrected chi connectivity index (χ3v) is 2.23. The number of carbonyl (C=O) groups is 2. The Kier molecular flexibility index (Phi) is 6.88. The van der Waals surface area contributed by atoms with Crippen molar-refractivity contribution >= 4 is 12.0 Å². The van der Waals surface area contributed by atoms with Gasteiger partial charge in [0.25, 0.3) is 0 Å². The predicted octanol–water partition coefficient (Wildman–Crippen LogP) is 1.45. The van der Waals surface area contributed by atoms with Gasteiger partial charge < -0.3 is 15.7 Å². The van der Waals surface area contributed by atoms with Crippen molar-refractivity contribution in [2.75, 3.05) is 13.1 Å². The topological polar surface area (TPSA) is 78.4 Å². The van der Waals surface area contributed by atoms with E-state index in [9.17, 15) is 9.59 Å². The second-order valence-electron chi connectivity index (χ2n) is 5.29. The van der Waals surface area contributed by atoms with Gasteiger partial charge in [0.15, 0.2) is 0 Å². The van der Waals surface area contributed by atoms with Gasteiger partial charge in [0.2, 0.25) is 0 Å². The smallest absolute Gasteiger partial charge is 0.315 e. The first-order valence-electron chi connectivity index (χ1n) is 5.90. The molecule has 0 heterocycles. The van der Waals surface area contributed by atoms with Crippen LogP contribution in [0, 0.1) is 23.2 Å². The van der Waals surface area contributed by atoms with Gasteiger partial charge in [-0.05, 0) is 18.8 Å². The molecular weight excluding hydrogens is 232 g/mol. The zero-order valence-electron chi connectivity index (χ0n) is 11.5. The van der Waals surface area contributed by atoms with Crippen LogP contribution in [0.15, 0.2) is 0 Å². The van der Waals surface area contributed by atoms with Crippen LogP contribution in [0.3, 0.4) is 0 Å². The number of hydrogen-bond acceptors (Lipinski definition) is 2. The second kappa shape index (κ2) is 7.59. The maximum atomic E-state index is 11.3. The predicted molar refractivity (Wildman–Crippen MR) is 70.0 cm³/mol. The van der Waals surface area contributed by atoms with Crippen LogP contribution in [0.5, 0.6) is 0 Å². The Morgan fingerprint density at radius 2 is 1.89 bits per heavy atom. The SMILES string of the molecule is CC#CCNC(=O)NCC(CC(C)(C)C)C(=O)O. The van der Waals surface area contributed by atoms with E-state index in [-0.39, 0.29) is 18.5 Å². The molecule has 0 bridgehead atoms. The molecule has 0 rings (SSSR count). The van der Waals surface area contributed by atoms with Crippen LogP contribution in [-0.4, -0.2) is 30.2 Å². The molecule has 2 amide bonds. The van der Waals surface area contributed by atoms with Crippen LogP contribution in [-0.2, 0) is 4.79 Å². The summed E-state index contributed by atoms with van der Waals surface area (Å²) in [5.41, 5.74) is -0.0884. The first-order chi connectivity index (χ1) is 8.26. The van der Waals surface area contributed by atoms with E-state index in [1.54, 1.807) is 6.92 Å². The molecule has 1 atom stereocenters. The molecule has 0 saturated carbocycles. The Balaban J connectivity index is 4.14.